The van der Waals surface area contributed by atoms with E-state index in [1.807, 2.05) is 6.20 Å². The van der Waals surface area contributed by atoms with Gasteiger partial charge in [0.05, 0.1) is 22.1 Å². The molecular formula is C30H28N2. The van der Waals surface area contributed by atoms with E-state index in [2.05, 4.69) is 87.6 Å². The van der Waals surface area contributed by atoms with Crippen molar-refractivity contribution in [2.24, 2.45) is 0 Å². The van der Waals surface area contributed by atoms with Gasteiger partial charge in [0.25, 0.3) is 0 Å². The van der Waals surface area contributed by atoms with Crippen LogP contribution in [0.2, 0.25) is 0 Å². The lowest BCUT2D eigenvalue weighted by atomic mass is 9.62. The van der Waals surface area contributed by atoms with Gasteiger partial charge in [0.2, 0.25) is 0 Å². The molecule has 0 fully saturated rings. The first-order valence-corrected chi connectivity index (χ1v) is 11.8. The summed E-state index contributed by atoms with van der Waals surface area (Å²) in [6.07, 6.45) is 4.42. The number of hydrogen-bond donors (Lipinski definition) is 0. The van der Waals surface area contributed by atoms with Crippen LogP contribution in [0.5, 0.6) is 0 Å². The minimum absolute atomic E-state index is 0.112. The highest BCUT2D eigenvalue weighted by molar-refractivity contribution is 6.26. The minimum atomic E-state index is 0.112. The molecule has 0 amide bonds. The van der Waals surface area contributed by atoms with Crippen molar-refractivity contribution in [1.29, 1.82) is 0 Å². The van der Waals surface area contributed by atoms with Crippen LogP contribution in [0.4, 0.5) is 0 Å². The SMILES string of the molecule is Cc1cc2c3ccccc3n3c4c5c(cc6ccnc(c(c1)c23)c64)C(C)(C)CCC5(C)C. The molecule has 32 heavy (non-hydrogen) atoms. The quantitative estimate of drug-likeness (QED) is 0.181. The maximum Gasteiger partial charge on any atom is 0.0822 e. The van der Waals surface area contributed by atoms with Gasteiger partial charge in [-0.3, -0.25) is 4.98 Å². The Balaban J connectivity index is 1.93. The second-order valence-electron chi connectivity index (χ2n) is 11.2. The number of aryl methyl sites for hydroxylation is 1. The fourth-order valence-corrected chi connectivity index (χ4v) is 6.51. The predicted octanol–water partition coefficient (Wildman–Crippen LogP) is 8.04. The van der Waals surface area contributed by atoms with E-state index in [0.29, 0.717) is 0 Å². The summed E-state index contributed by atoms with van der Waals surface area (Å²) < 4.78 is 2.58. The van der Waals surface area contributed by atoms with Crippen molar-refractivity contribution in [3.63, 3.8) is 0 Å². The van der Waals surface area contributed by atoms with Gasteiger partial charge < -0.3 is 4.40 Å². The van der Waals surface area contributed by atoms with Gasteiger partial charge in [-0.15, -0.1) is 0 Å². The highest BCUT2D eigenvalue weighted by atomic mass is 14.9. The number of pyridine rings is 2. The number of hydrogen-bond acceptors (Lipinski definition) is 1. The fourth-order valence-electron chi connectivity index (χ4n) is 6.51. The van der Waals surface area contributed by atoms with E-state index in [4.69, 9.17) is 4.98 Å². The first-order valence-electron chi connectivity index (χ1n) is 11.8. The van der Waals surface area contributed by atoms with Gasteiger partial charge in [0.1, 0.15) is 0 Å². The van der Waals surface area contributed by atoms with Crippen molar-refractivity contribution in [2.75, 3.05) is 0 Å². The molecular weight excluding hydrogens is 388 g/mol. The number of fused-ring (bicyclic) bond motifs is 7. The van der Waals surface area contributed by atoms with Gasteiger partial charge >= 0.3 is 0 Å². The molecule has 0 unspecified atom stereocenters. The normalized spacial score (nSPS) is 17.8. The average Bonchev–Trinajstić information content (AvgIpc) is 3.09. The molecule has 3 heterocycles. The Morgan fingerprint density at radius 1 is 0.812 bits per heavy atom. The number of rotatable bonds is 0. The van der Waals surface area contributed by atoms with E-state index in [-0.39, 0.29) is 10.8 Å². The predicted molar refractivity (Wildman–Crippen MR) is 136 cm³/mol. The van der Waals surface area contributed by atoms with Gasteiger partial charge in [0, 0.05) is 27.7 Å². The molecule has 0 N–H and O–H groups in total. The van der Waals surface area contributed by atoms with Crippen LogP contribution < -0.4 is 0 Å². The molecule has 0 saturated heterocycles. The lowest BCUT2D eigenvalue weighted by Gasteiger charge is -2.43. The third-order valence-corrected chi connectivity index (χ3v) is 8.20. The van der Waals surface area contributed by atoms with E-state index in [9.17, 15) is 0 Å². The second kappa shape index (κ2) is 5.61. The smallest absolute Gasteiger partial charge is 0.0822 e. The Bertz CT molecular complexity index is 1730. The van der Waals surface area contributed by atoms with Gasteiger partial charge in [-0.25, -0.2) is 0 Å². The van der Waals surface area contributed by atoms with E-state index in [1.165, 1.54) is 73.0 Å². The average molecular weight is 417 g/mol. The number of benzene rings is 3. The van der Waals surface area contributed by atoms with Crippen LogP contribution in [-0.4, -0.2) is 9.38 Å². The van der Waals surface area contributed by atoms with E-state index < -0.39 is 0 Å². The number of nitrogens with zero attached hydrogens (tertiary/aromatic N) is 2. The molecule has 0 bridgehead atoms. The van der Waals surface area contributed by atoms with E-state index in [1.54, 1.807) is 0 Å². The van der Waals surface area contributed by atoms with Crippen LogP contribution >= 0.6 is 0 Å². The summed E-state index contributed by atoms with van der Waals surface area (Å²) in [4.78, 5) is 4.99. The van der Waals surface area contributed by atoms with Crippen LogP contribution in [-0.2, 0) is 10.8 Å². The van der Waals surface area contributed by atoms with Crippen molar-refractivity contribution in [3.05, 3.63) is 71.4 Å². The molecule has 2 heteroatoms. The first kappa shape index (κ1) is 18.4. The van der Waals surface area contributed by atoms with Gasteiger partial charge in [-0.2, -0.15) is 0 Å². The molecule has 158 valence electrons. The second-order valence-corrected chi connectivity index (χ2v) is 11.2. The first-order chi connectivity index (χ1) is 15.3. The van der Waals surface area contributed by atoms with Crippen molar-refractivity contribution >= 4 is 49.0 Å². The zero-order chi connectivity index (χ0) is 22.0. The molecule has 1 aliphatic rings. The van der Waals surface area contributed by atoms with Gasteiger partial charge in [0.15, 0.2) is 0 Å². The summed E-state index contributed by atoms with van der Waals surface area (Å²) in [6, 6.07) is 18.3. The molecule has 0 saturated carbocycles. The highest BCUT2D eigenvalue weighted by Crippen LogP contribution is 2.51. The standard InChI is InChI=1S/C30H28N2/c1-17-14-20-19-8-6-7-9-23(19)32-27(20)21(15-17)26-24-18(10-13-31-26)16-22-25(28(24)32)30(4,5)12-11-29(22,2)3/h6-10,13-16H,11-12H2,1-5H3. The Kier molecular flexibility index (Phi) is 3.24. The molecule has 2 nitrogen and oxygen atoms in total. The summed E-state index contributed by atoms with van der Waals surface area (Å²) in [5.74, 6) is 0. The zero-order valence-electron chi connectivity index (χ0n) is 19.5. The molecule has 3 aromatic heterocycles. The molecule has 0 radical (unpaired) electrons. The van der Waals surface area contributed by atoms with Crippen LogP contribution in [0.25, 0.3) is 49.0 Å². The number of para-hydroxylation sites is 1. The van der Waals surface area contributed by atoms with Crippen LogP contribution in [0.15, 0.2) is 54.7 Å². The monoisotopic (exact) mass is 416 g/mol. The summed E-state index contributed by atoms with van der Waals surface area (Å²) in [6.45, 7) is 11.9. The van der Waals surface area contributed by atoms with Crippen LogP contribution in [0.3, 0.4) is 0 Å². The summed E-state index contributed by atoms with van der Waals surface area (Å²) >= 11 is 0. The van der Waals surface area contributed by atoms with Crippen molar-refractivity contribution in [2.45, 2.75) is 58.3 Å². The molecule has 0 spiro atoms. The molecule has 3 aromatic carbocycles. The van der Waals surface area contributed by atoms with E-state index in [0.717, 1.165) is 5.52 Å². The van der Waals surface area contributed by atoms with Gasteiger partial charge in [-0.1, -0.05) is 52.0 Å². The Hall–Kier alpha value is -3.13. The molecule has 0 atom stereocenters. The molecule has 0 aliphatic heterocycles. The largest absolute Gasteiger partial charge is 0.308 e. The molecule has 1 aliphatic carbocycles. The van der Waals surface area contributed by atoms with Crippen molar-refractivity contribution in [3.8, 4) is 0 Å². The van der Waals surface area contributed by atoms with Crippen LogP contribution in [0, 0.1) is 6.92 Å². The summed E-state index contributed by atoms with van der Waals surface area (Å²) in [5.41, 5.74) is 9.73. The van der Waals surface area contributed by atoms with Crippen molar-refractivity contribution in [1.82, 2.24) is 9.38 Å². The lowest BCUT2D eigenvalue weighted by Crippen LogP contribution is -2.34. The maximum atomic E-state index is 4.99. The third kappa shape index (κ3) is 2.09. The summed E-state index contributed by atoms with van der Waals surface area (Å²) in [7, 11) is 0. The molecule has 6 aromatic rings. The maximum absolute atomic E-state index is 4.99. The highest BCUT2D eigenvalue weighted by Gasteiger charge is 2.40. The minimum Gasteiger partial charge on any atom is -0.308 e. The Morgan fingerprint density at radius 2 is 1.56 bits per heavy atom. The number of aromatic nitrogens is 2. The Labute approximate surface area is 188 Å². The van der Waals surface area contributed by atoms with Gasteiger partial charge in [-0.05, 0) is 76.9 Å². The fraction of sp³-hybridized carbons (Fsp3) is 0.300. The topological polar surface area (TPSA) is 17.3 Å². The summed E-state index contributed by atoms with van der Waals surface area (Å²) in [5, 5.41) is 6.57. The molecule has 7 rings (SSSR count). The Morgan fingerprint density at radius 3 is 2.41 bits per heavy atom. The van der Waals surface area contributed by atoms with Crippen LogP contribution in [0.1, 0.15) is 57.2 Å². The third-order valence-electron chi connectivity index (χ3n) is 8.20. The van der Waals surface area contributed by atoms with E-state index >= 15 is 0 Å². The van der Waals surface area contributed by atoms with Crippen molar-refractivity contribution < 1.29 is 0 Å². The lowest BCUT2D eigenvalue weighted by molar-refractivity contribution is 0.334. The zero-order valence-corrected chi connectivity index (χ0v) is 19.5.